The lowest BCUT2D eigenvalue weighted by Gasteiger charge is -2.02. The van der Waals surface area contributed by atoms with E-state index in [0.717, 1.165) is 18.2 Å². The van der Waals surface area contributed by atoms with Crippen molar-refractivity contribution in [3.63, 3.8) is 0 Å². The van der Waals surface area contributed by atoms with Gasteiger partial charge in [-0.3, -0.25) is 20.2 Å². The monoisotopic (exact) mass is 242 g/mol. The fraction of sp³-hybridized carbons (Fsp3) is 0.125. The van der Waals surface area contributed by atoms with E-state index in [1.165, 1.54) is 0 Å². The summed E-state index contributed by atoms with van der Waals surface area (Å²) in [5, 5.41) is 29.3. The summed E-state index contributed by atoms with van der Waals surface area (Å²) < 4.78 is 4.64. The van der Waals surface area contributed by atoms with Crippen molar-refractivity contribution < 1.29 is 24.5 Å². The zero-order valence-electron chi connectivity index (χ0n) is 8.23. The number of ether oxygens (including phenoxy) is 1. The lowest BCUT2D eigenvalue weighted by Crippen LogP contribution is -2.09. The van der Waals surface area contributed by atoms with E-state index < -0.39 is 33.8 Å². The fourth-order valence-corrected chi connectivity index (χ4v) is 1.01. The molecule has 0 heterocycles. The molecule has 1 N–H and O–H groups in total. The fourth-order valence-electron chi connectivity index (χ4n) is 1.01. The molecule has 9 nitrogen and oxygen atoms in total. The van der Waals surface area contributed by atoms with Crippen LogP contribution in [0.2, 0.25) is 0 Å². The molecule has 0 aliphatic rings. The van der Waals surface area contributed by atoms with Crippen molar-refractivity contribution in [2.45, 2.75) is 0 Å². The summed E-state index contributed by atoms with van der Waals surface area (Å²) in [5.74, 6) is -1.53. The quantitative estimate of drug-likeness (QED) is 0.600. The number of aliphatic carboxylic acids is 1. The van der Waals surface area contributed by atoms with Gasteiger partial charge < -0.3 is 9.84 Å². The molecular weight excluding hydrogens is 236 g/mol. The Balaban J connectivity index is 3.08. The molecule has 0 bridgehead atoms. The van der Waals surface area contributed by atoms with E-state index in [1.54, 1.807) is 0 Å². The van der Waals surface area contributed by atoms with Crippen molar-refractivity contribution in [3.05, 3.63) is 38.4 Å². The van der Waals surface area contributed by atoms with Gasteiger partial charge in [-0.1, -0.05) is 0 Å². The molecule has 0 saturated heterocycles. The maximum absolute atomic E-state index is 10.5. The minimum atomic E-state index is -1.29. The van der Waals surface area contributed by atoms with Gasteiger partial charge in [-0.25, -0.2) is 4.79 Å². The van der Waals surface area contributed by atoms with Crippen LogP contribution in [-0.2, 0) is 4.79 Å². The van der Waals surface area contributed by atoms with Gasteiger partial charge in [-0.15, -0.1) is 0 Å². The van der Waals surface area contributed by atoms with Crippen molar-refractivity contribution in [1.82, 2.24) is 0 Å². The van der Waals surface area contributed by atoms with Crippen LogP contribution in [0.1, 0.15) is 0 Å². The summed E-state index contributed by atoms with van der Waals surface area (Å²) in [5.41, 5.74) is -1.08. The first-order valence-corrected chi connectivity index (χ1v) is 4.18. The molecule has 0 amide bonds. The Morgan fingerprint density at radius 2 is 1.65 bits per heavy atom. The van der Waals surface area contributed by atoms with Crippen LogP contribution in [0.15, 0.2) is 18.2 Å². The molecule has 90 valence electrons. The highest BCUT2D eigenvalue weighted by molar-refractivity contribution is 5.68. The van der Waals surface area contributed by atoms with Gasteiger partial charge in [0.15, 0.2) is 6.61 Å². The molecule has 0 atom stereocenters. The van der Waals surface area contributed by atoms with Crippen molar-refractivity contribution in [1.29, 1.82) is 0 Å². The molecule has 1 rings (SSSR count). The number of rotatable bonds is 5. The predicted octanol–water partition coefficient (Wildman–Crippen LogP) is 0.966. The van der Waals surface area contributed by atoms with Gasteiger partial charge in [0.25, 0.3) is 11.4 Å². The second kappa shape index (κ2) is 4.88. The Bertz CT molecular complexity index is 453. The van der Waals surface area contributed by atoms with E-state index in [1.807, 2.05) is 0 Å². The highest BCUT2D eigenvalue weighted by atomic mass is 16.6. The van der Waals surface area contributed by atoms with E-state index in [4.69, 9.17) is 5.11 Å². The van der Waals surface area contributed by atoms with E-state index in [0.29, 0.717) is 0 Å². The Labute approximate surface area is 93.5 Å². The van der Waals surface area contributed by atoms with Crippen LogP contribution < -0.4 is 4.74 Å². The van der Waals surface area contributed by atoms with Crippen LogP contribution in [-0.4, -0.2) is 27.5 Å². The number of carbonyl (C=O) groups is 1. The molecule has 0 spiro atoms. The average Bonchev–Trinajstić information content (AvgIpc) is 2.25. The van der Waals surface area contributed by atoms with E-state index >= 15 is 0 Å². The Morgan fingerprint density at radius 1 is 1.18 bits per heavy atom. The summed E-state index contributed by atoms with van der Waals surface area (Å²) in [6, 6.07) is 2.58. The lowest BCUT2D eigenvalue weighted by atomic mass is 10.2. The van der Waals surface area contributed by atoms with Crippen LogP contribution in [0.4, 0.5) is 11.4 Å². The van der Waals surface area contributed by atoms with Crippen molar-refractivity contribution in [2.75, 3.05) is 6.61 Å². The van der Waals surface area contributed by atoms with Crippen molar-refractivity contribution in [3.8, 4) is 5.75 Å². The molecule has 0 unspecified atom stereocenters. The minimum absolute atomic E-state index is 0.242. The summed E-state index contributed by atoms with van der Waals surface area (Å²) in [4.78, 5) is 29.5. The smallest absolute Gasteiger partial charge is 0.341 e. The molecule has 1 aromatic rings. The zero-order chi connectivity index (χ0) is 13.0. The molecule has 0 aliphatic carbocycles. The topological polar surface area (TPSA) is 133 Å². The van der Waals surface area contributed by atoms with Gasteiger partial charge in [0.05, 0.1) is 28.0 Å². The van der Waals surface area contributed by atoms with Gasteiger partial charge in [-0.2, -0.15) is 0 Å². The summed E-state index contributed by atoms with van der Waals surface area (Å²) in [6.45, 7) is -0.738. The zero-order valence-corrected chi connectivity index (χ0v) is 8.23. The van der Waals surface area contributed by atoms with Crippen LogP contribution >= 0.6 is 0 Å². The Morgan fingerprint density at radius 3 is 2.00 bits per heavy atom. The highest BCUT2D eigenvalue weighted by Gasteiger charge is 2.17. The van der Waals surface area contributed by atoms with Crippen molar-refractivity contribution in [2.24, 2.45) is 0 Å². The molecule has 17 heavy (non-hydrogen) atoms. The van der Waals surface area contributed by atoms with E-state index in [-0.39, 0.29) is 5.75 Å². The first-order valence-electron chi connectivity index (χ1n) is 4.18. The third-order valence-electron chi connectivity index (χ3n) is 1.66. The SMILES string of the molecule is O=C(O)COc1cc([N+](=O)[O-])cc([N+](=O)[O-])c1. The maximum atomic E-state index is 10.5. The first-order chi connectivity index (χ1) is 7.90. The normalized spacial score (nSPS) is 9.65. The second-order valence-electron chi connectivity index (χ2n) is 2.88. The van der Waals surface area contributed by atoms with Crippen LogP contribution in [0.5, 0.6) is 5.75 Å². The minimum Gasteiger partial charge on any atom is -0.481 e. The van der Waals surface area contributed by atoms with Crippen LogP contribution in [0.25, 0.3) is 0 Å². The number of nitrogens with zero attached hydrogens (tertiary/aromatic N) is 2. The Kier molecular flexibility index (Phi) is 3.55. The third kappa shape index (κ3) is 3.41. The lowest BCUT2D eigenvalue weighted by molar-refractivity contribution is -0.394. The van der Waals surface area contributed by atoms with Gasteiger partial charge in [0.1, 0.15) is 5.75 Å². The molecule has 0 aromatic heterocycles. The summed E-state index contributed by atoms with van der Waals surface area (Å²) in [7, 11) is 0. The summed E-state index contributed by atoms with van der Waals surface area (Å²) in [6.07, 6.45) is 0. The molecule has 1 aromatic carbocycles. The number of carboxylic acids is 1. The number of nitro groups is 2. The largest absolute Gasteiger partial charge is 0.481 e. The van der Waals surface area contributed by atoms with E-state index in [2.05, 4.69) is 4.74 Å². The standard InChI is InChI=1S/C8H6N2O7/c11-8(12)4-17-7-2-5(9(13)14)1-6(3-7)10(15)16/h1-3H,4H2,(H,11,12). The van der Waals surface area contributed by atoms with Crippen molar-refractivity contribution >= 4 is 17.3 Å². The van der Waals surface area contributed by atoms with Gasteiger partial charge in [0.2, 0.25) is 0 Å². The number of nitro benzene ring substituents is 2. The predicted molar refractivity (Wildman–Crippen MR) is 52.9 cm³/mol. The highest BCUT2D eigenvalue weighted by Crippen LogP contribution is 2.27. The van der Waals surface area contributed by atoms with Gasteiger partial charge >= 0.3 is 5.97 Å². The first kappa shape index (κ1) is 12.4. The average molecular weight is 242 g/mol. The van der Waals surface area contributed by atoms with Crippen LogP contribution in [0, 0.1) is 20.2 Å². The molecular formula is C8H6N2O7. The molecule has 0 fully saturated rings. The Hall–Kier alpha value is -2.71. The number of hydrogen-bond donors (Lipinski definition) is 1. The maximum Gasteiger partial charge on any atom is 0.341 e. The molecule has 0 radical (unpaired) electrons. The van der Waals surface area contributed by atoms with Gasteiger partial charge in [0, 0.05) is 0 Å². The van der Waals surface area contributed by atoms with E-state index in [9.17, 15) is 25.0 Å². The molecule has 0 aliphatic heterocycles. The van der Waals surface area contributed by atoms with Gasteiger partial charge in [-0.05, 0) is 0 Å². The number of non-ortho nitro benzene ring substituents is 2. The summed E-state index contributed by atoms with van der Waals surface area (Å²) >= 11 is 0. The molecule has 0 saturated carbocycles. The number of benzene rings is 1. The third-order valence-corrected chi connectivity index (χ3v) is 1.66. The second-order valence-corrected chi connectivity index (χ2v) is 2.88. The number of hydrogen-bond acceptors (Lipinski definition) is 6. The number of carboxylic acid groups (broad SMARTS) is 1. The molecule has 9 heteroatoms. The van der Waals surface area contributed by atoms with Crippen LogP contribution in [0.3, 0.4) is 0 Å².